The number of aliphatic imine (C=N–C) groups is 1. The molecular weight excluding hydrogens is 179 g/mol. The van der Waals surface area contributed by atoms with Gasteiger partial charge in [0.25, 0.3) is 6.43 Å². The lowest BCUT2D eigenvalue weighted by Gasteiger charge is -1.99. The van der Waals surface area contributed by atoms with Gasteiger partial charge in [-0.25, -0.2) is 18.2 Å². The molecule has 0 fully saturated rings. The van der Waals surface area contributed by atoms with Gasteiger partial charge in [0.15, 0.2) is 0 Å². The van der Waals surface area contributed by atoms with Gasteiger partial charge in [-0.3, -0.25) is 0 Å². The third-order valence-electron chi connectivity index (χ3n) is 1.47. The number of rotatable bonds is 2. The van der Waals surface area contributed by atoms with Crippen LogP contribution in [-0.2, 0) is 0 Å². The summed E-state index contributed by atoms with van der Waals surface area (Å²) in [6.45, 7) is 1.16. The molecule has 0 heterocycles. The summed E-state index contributed by atoms with van der Waals surface area (Å²) < 4.78 is 36.8. The van der Waals surface area contributed by atoms with Crippen LogP contribution in [0.25, 0.3) is 0 Å². The zero-order chi connectivity index (χ0) is 9.84. The Morgan fingerprint density at radius 1 is 1.31 bits per heavy atom. The van der Waals surface area contributed by atoms with Crippen molar-refractivity contribution < 1.29 is 13.2 Å². The highest BCUT2D eigenvalue weighted by Gasteiger charge is 2.07. The lowest BCUT2D eigenvalue weighted by molar-refractivity contribution is 0.225. The fourth-order valence-corrected chi connectivity index (χ4v) is 0.781. The number of nitrogens with zero attached hydrogens (tertiary/aromatic N) is 1. The Labute approximate surface area is 73.9 Å². The van der Waals surface area contributed by atoms with E-state index < -0.39 is 12.2 Å². The van der Waals surface area contributed by atoms with Gasteiger partial charge < -0.3 is 0 Å². The van der Waals surface area contributed by atoms with Gasteiger partial charge in [0.2, 0.25) is 0 Å². The van der Waals surface area contributed by atoms with E-state index in [4.69, 9.17) is 0 Å². The molecule has 1 nitrogen and oxygen atoms in total. The maximum Gasteiger partial charge on any atom is 0.276 e. The van der Waals surface area contributed by atoms with E-state index in [2.05, 4.69) is 4.99 Å². The molecule has 0 saturated heterocycles. The maximum atomic E-state index is 12.9. The highest BCUT2D eigenvalue weighted by atomic mass is 19.3. The van der Waals surface area contributed by atoms with Gasteiger partial charge >= 0.3 is 0 Å². The Kier molecular flexibility index (Phi) is 3.06. The summed E-state index contributed by atoms with van der Waals surface area (Å²) in [5.41, 5.74) is -0.439. The van der Waals surface area contributed by atoms with E-state index >= 15 is 0 Å². The van der Waals surface area contributed by atoms with E-state index in [1.54, 1.807) is 6.07 Å². The minimum Gasteiger partial charge on any atom is -0.249 e. The standard InChI is InChI=1S/C9H8F3N/c1-6(9(11)12)13-8-5-3-2-4-7(8)10/h2-5,9H,1H3/b13-6+. The molecular formula is C9H8F3N. The summed E-state index contributed by atoms with van der Waals surface area (Å²) in [4.78, 5) is 3.45. The van der Waals surface area contributed by atoms with Crippen molar-refractivity contribution in [3.05, 3.63) is 30.1 Å². The van der Waals surface area contributed by atoms with Crippen molar-refractivity contribution in [2.24, 2.45) is 4.99 Å². The molecule has 1 aromatic rings. The van der Waals surface area contributed by atoms with Gasteiger partial charge in [-0.1, -0.05) is 12.1 Å². The van der Waals surface area contributed by atoms with Crippen LogP contribution >= 0.6 is 0 Å². The lowest BCUT2D eigenvalue weighted by Crippen LogP contribution is -2.04. The van der Waals surface area contributed by atoms with Crippen molar-refractivity contribution in [3.8, 4) is 0 Å². The first kappa shape index (κ1) is 9.77. The molecule has 1 rings (SSSR count). The Bertz CT molecular complexity index is 320. The molecule has 0 bridgehead atoms. The average Bonchev–Trinajstić information content (AvgIpc) is 2.08. The van der Waals surface area contributed by atoms with Crippen LogP contribution in [0.15, 0.2) is 29.3 Å². The minimum atomic E-state index is -2.64. The second kappa shape index (κ2) is 4.07. The van der Waals surface area contributed by atoms with Crippen molar-refractivity contribution in [2.75, 3.05) is 0 Å². The van der Waals surface area contributed by atoms with Crippen LogP contribution in [0.4, 0.5) is 18.9 Å². The number of hydrogen-bond donors (Lipinski definition) is 0. The molecule has 0 saturated carbocycles. The van der Waals surface area contributed by atoms with Gasteiger partial charge in [-0.15, -0.1) is 0 Å². The van der Waals surface area contributed by atoms with Crippen molar-refractivity contribution in [3.63, 3.8) is 0 Å². The molecule has 1 aromatic carbocycles. The van der Waals surface area contributed by atoms with Crippen LogP contribution < -0.4 is 0 Å². The Hall–Kier alpha value is -1.32. The van der Waals surface area contributed by atoms with Gasteiger partial charge in [0.05, 0.1) is 11.4 Å². The van der Waals surface area contributed by atoms with Crippen LogP contribution in [0.3, 0.4) is 0 Å². The maximum absolute atomic E-state index is 12.9. The topological polar surface area (TPSA) is 12.4 Å². The number of para-hydroxylation sites is 1. The zero-order valence-electron chi connectivity index (χ0n) is 6.97. The van der Waals surface area contributed by atoms with Crippen LogP contribution in [0.2, 0.25) is 0 Å². The third kappa shape index (κ3) is 2.57. The number of hydrogen-bond acceptors (Lipinski definition) is 1. The summed E-state index contributed by atoms with van der Waals surface area (Å²) >= 11 is 0. The van der Waals surface area contributed by atoms with Crippen molar-refractivity contribution in [1.29, 1.82) is 0 Å². The van der Waals surface area contributed by atoms with Crippen LogP contribution in [-0.4, -0.2) is 12.1 Å². The smallest absolute Gasteiger partial charge is 0.249 e. The van der Waals surface area contributed by atoms with Crippen LogP contribution in [0.5, 0.6) is 0 Å². The monoisotopic (exact) mass is 187 g/mol. The quantitative estimate of drug-likeness (QED) is 0.630. The fraction of sp³-hybridized carbons (Fsp3) is 0.222. The van der Waals surface area contributed by atoms with Crippen LogP contribution in [0, 0.1) is 5.82 Å². The second-order valence-corrected chi connectivity index (χ2v) is 2.51. The van der Waals surface area contributed by atoms with Crippen molar-refractivity contribution in [1.82, 2.24) is 0 Å². The molecule has 0 amide bonds. The normalized spacial score (nSPS) is 12.2. The molecule has 0 aliphatic heterocycles. The second-order valence-electron chi connectivity index (χ2n) is 2.51. The highest BCUT2D eigenvalue weighted by molar-refractivity contribution is 5.87. The summed E-state index contributed by atoms with van der Waals surface area (Å²) in [6, 6.07) is 5.55. The van der Waals surface area contributed by atoms with Crippen molar-refractivity contribution >= 4 is 11.4 Å². The molecule has 0 atom stereocenters. The highest BCUT2D eigenvalue weighted by Crippen LogP contribution is 2.17. The average molecular weight is 187 g/mol. The SMILES string of the molecule is C/C(=N\c1ccccc1F)C(F)F. The van der Waals surface area contributed by atoms with Gasteiger partial charge in [-0.05, 0) is 19.1 Å². The molecule has 70 valence electrons. The van der Waals surface area contributed by atoms with E-state index in [0.717, 1.165) is 6.92 Å². The van der Waals surface area contributed by atoms with Gasteiger partial charge in [-0.2, -0.15) is 0 Å². The number of alkyl halides is 2. The van der Waals surface area contributed by atoms with E-state index in [9.17, 15) is 13.2 Å². The molecule has 4 heteroatoms. The Balaban J connectivity index is 2.97. The summed E-state index contributed by atoms with van der Waals surface area (Å²) in [6.07, 6.45) is -2.64. The summed E-state index contributed by atoms with van der Waals surface area (Å²) in [5, 5.41) is 0. The Morgan fingerprint density at radius 3 is 2.46 bits per heavy atom. The predicted octanol–water partition coefficient (Wildman–Crippen LogP) is 3.18. The fourth-order valence-electron chi connectivity index (χ4n) is 0.781. The zero-order valence-corrected chi connectivity index (χ0v) is 6.97. The third-order valence-corrected chi connectivity index (χ3v) is 1.47. The summed E-state index contributed by atoms with van der Waals surface area (Å²) in [5.74, 6) is -0.595. The number of benzene rings is 1. The predicted molar refractivity (Wildman–Crippen MR) is 45.2 cm³/mol. The van der Waals surface area contributed by atoms with E-state index in [1.807, 2.05) is 0 Å². The molecule has 0 N–H and O–H groups in total. The van der Waals surface area contributed by atoms with E-state index in [0.29, 0.717) is 0 Å². The molecule has 0 aromatic heterocycles. The molecule has 0 spiro atoms. The molecule has 0 radical (unpaired) electrons. The van der Waals surface area contributed by atoms with Gasteiger partial charge in [0, 0.05) is 0 Å². The first-order valence-corrected chi connectivity index (χ1v) is 3.69. The first-order valence-electron chi connectivity index (χ1n) is 3.69. The van der Waals surface area contributed by atoms with E-state index in [-0.39, 0.29) is 11.4 Å². The molecule has 0 aliphatic carbocycles. The minimum absolute atomic E-state index is 0.0553. The lowest BCUT2D eigenvalue weighted by atomic mass is 10.3. The number of halogens is 3. The van der Waals surface area contributed by atoms with Gasteiger partial charge in [0.1, 0.15) is 5.82 Å². The Morgan fingerprint density at radius 2 is 1.92 bits per heavy atom. The van der Waals surface area contributed by atoms with E-state index in [1.165, 1.54) is 18.2 Å². The molecule has 0 unspecified atom stereocenters. The molecule has 0 aliphatic rings. The summed E-state index contributed by atoms with van der Waals surface area (Å²) in [7, 11) is 0. The largest absolute Gasteiger partial charge is 0.276 e. The molecule has 13 heavy (non-hydrogen) atoms. The van der Waals surface area contributed by atoms with Crippen LogP contribution in [0.1, 0.15) is 6.92 Å². The first-order chi connectivity index (χ1) is 6.11. The van der Waals surface area contributed by atoms with Crippen molar-refractivity contribution in [2.45, 2.75) is 13.3 Å².